The second-order valence-electron chi connectivity index (χ2n) is 6.97. The van der Waals surface area contributed by atoms with E-state index in [2.05, 4.69) is 22.5 Å². The van der Waals surface area contributed by atoms with Crippen molar-refractivity contribution in [1.82, 2.24) is 9.78 Å². The van der Waals surface area contributed by atoms with Crippen LogP contribution >= 0.6 is 0 Å². The van der Waals surface area contributed by atoms with Crippen molar-refractivity contribution in [3.05, 3.63) is 108 Å². The lowest BCUT2D eigenvalue weighted by molar-refractivity contribution is 0.102. The highest BCUT2D eigenvalue weighted by molar-refractivity contribution is 6.05. The first-order valence-corrected chi connectivity index (χ1v) is 9.89. The van der Waals surface area contributed by atoms with Gasteiger partial charge in [-0.05, 0) is 55.0 Å². The molecule has 0 unspecified atom stereocenters. The third-order valence-corrected chi connectivity index (χ3v) is 4.83. The van der Waals surface area contributed by atoms with E-state index in [4.69, 9.17) is 4.74 Å². The number of rotatable bonds is 7. The molecular weight excluding hydrogens is 374 g/mol. The largest absolute Gasteiger partial charge is 0.491 e. The van der Waals surface area contributed by atoms with Gasteiger partial charge >= 0.3 is 0 Å². The van der Waals surface area contributed by atoms with Gasteiger partial charge in [-0.15, -0.1) is 0 Å². The molecule has 30 heavy (non-hydrogen) atoms. The number of ether oxygens (including phenoxy) is 1. The van der Waals surface area contributed by atoms with Crippen LogP contribution in [0.5, 0.6) is 5.75 Å². The highest BCUT2D eigenvalue weighted by atomic mass is 16.5. The van der Waals surface area contributed by atoms with Crippen LogP contribution in [-0.4, -0.2) is 22.3 Å². The number of carbonyl (C=O) groups excluding carboxylic acids is 1. The van der Waals surface area contributed by atoms with Crippen LogP contribution < -0.4 is 10.1 Å². The summed E-state index contributed by atoms with van der Waals surface area (Å²) >= 11 is 0. The van der Waals surface area contributed by atoms with E-state index in [1.54, 1.807) is 18.3 Å². The van der Waals surface area contributed by atoms with E-state index in [-0.39, 0.29) is 5.91 Å². The number of nitrogens with one attached hydrogen (secondary N) is 1. The van der Waals surface area contributed by atoms with Gasteiger partial charge in [-0.2, -0.15) is 5.10 Å². The summed E-state index contributed by atoms with van der Waals surface area (Å²) in [4.78, 5) is 12.7. The second-order valence-corrected chi connectivity index (χ2v) is 6.97. The molecule has 0 fully saturated rings. The zero-order chi connectivity index (χ0) is 20.8. The Labute approximate surface area is 175 Å². The molecular formula is C25H23N3O2. The number of benzene rings is 3. The standard InChI is InChI=1S/C25H23N3O2/c1-19-15-17-26-28(19)22-13-11-21(12-14-22)25(29)27-23-9-5-6-10-24(23)30-18-16-20-7-3-2-4-8-20/h2-15,17H,16,18H2,1H3,(H,27,29). The summed E-state index contributed by atoms with van der Waals surface area (Å²) in [6.45, 7) is 2.52. The molecule has 1 N–H and O–H groups in total. The molecule has 1 heterocycles. The fourth-order valence-electron chi connectivity index (χ4n) is 3.21. The van der Waals surface area contributed by atoms with Crippen LogP contribution in [-0.2, 0) is 6.42 Å². The van der Waals surface area contributed by atoms with E-state index in [0.717, 1.165) is 17.8 Å². The number of para-hydroxylation sites is 2. The Hall–Kier alpha value is -3.86. The van der Waals surface area contributed by atoms with Gasteiger partial charge in [0.15, 0.2) is 0 Å². The van der Waals surface area contributed by atoms with Crippen molar-refractivity contribution in [3.63, 3.8) is 0 Å². The Morgan fingerprint density at radius 2 is 1.67 bits per heavy atom. The summed E-state index contributed by atoms with van der Waals surface area (Å²) in [6.07, 6.45) is 2.56. The maximum absolute atomic E-state index is 12.7. The van der Waals surface area contributed by atoms with Crippen molar-refractivity contribution in [1.29, 1.82) is 0 Å². The molecule has 1 aromatic heterocycles. The van der Waals surface area contributed by atoms with Gasteiger partial charge in [0.1, 0.15) is 5.75 Å². The zero-order valence-corrected chi connectivity index (χ0v) is 16.8. The van der Waals surface area contributed by atoms with Crippen LogP contribution in [0.1, 0.15) is 21.6 Å². The third-order valence-electron chi connectivity index (χ3n) is 4.83. The van der Waals surface area contributed by atoms with Gasteiger partial charge in [-0.25, -0.2) is 4.68 Å². The summed E-state index contributed by atoms with van der Waals surface area (Å²) in [5, 5.41) is 7.24. The van der Waals surface area contributed by atoms with Crippen LogP contribution in [0.3, 0.4) is 0 Å². The minimum absolute atomic E-state index is 0.183. The third kappa shape index (κ3) is 4.58. The minimum atomic E-state index is -0.183. The average molecular weight is 397 g/mol. The molecule has 0 bridgehead atoms. The molecule has 0 aliphatic rings. The number of aryl methyl sites for hydroxylation is 1. The Morgan fingerprint density at radius 3 is 2.40 bits per heavy atom. The van der Waals surface area contributed by atoms with Crippen LogP contribution in [0.2, 0.25) is 0 Å². The quantitative estimate of drug-likeness (QED) is 0.474. The molecule has 0 saturated carbocycles. The number of anilines is 1. The lowest BCUT2D eigenvalue weighted by Gasteiger charge is -2.13. The van der Waals surface area contributed by atoms with Gasteiger partial charge in [-0.3, -0.25) is 4.79 Å². The summed E-state index contributed by atoms with van der Waals surface area (Å²) < 4.78 is 7.76. The van der Waals surface area contributed by atoms with Crippen LogP contribution in [0.25, 0.3) is 5.69 Å². The first kappa shape index (κ1) is 19.5. The highest BCUT2D eigenvalue weighted by Gasteiger charge is 2.11. The summed E-state index contributed by atoms with van der Waals surface area (Å²) in [5.41, 5.74) is 4.39. The monoisotopic (exact) mass is 397 g/mol. The Kier molecular flexibility index (Phi) is 5.90. The molecule has 150 valence electrons. The predicted molar refractivity (Wildman–Crippen MR) is 118 cm³/mol. The molecule has 0 radical (unpaired) electrons. The van der Waals surface area contributed by atoms with Crippen molar-refractivity contribution in [3.8, 4) is 11.4 Å². The minimum Gasteiger partial charge on any atom is -0.491 e. The maximum atomic E-state index is 12.7. The molecule has 0 aliphatic heterocycles. The first-order chi connectivity index (χ1) is 14.7. The molecule has 4 rings (SSSR count). The Bertz CT molecular complexity index is 1120. The molecule has 3 aromatic carbocycles. The average Bonchev–Trinajstić information content (AvgIpc) is 3.21. The van der Waals surface area contributed by atoms with Crippen LogP contribution in [0.15, 0.2) is 91.1 Å². The van der Waals surface area contributed by atoms with Crippen molar-refractivity contribution in [2.45, 2.75) is 13.3 Å². The molecule has 0 saturated heterocycles. The van der Waals surface area contributed by atoms with E-state index in [0.29, 0.717) is 23.6 Å². The summed E-state index contributed by atoms with van der Waals surface area (Å²) in [7, 11) is 0. The molecule has 1 amide bonds. The van der Waals surface area contributed by atoms with Crippen LogP contribution in [0, 0.1) is 6.92 Å². The van der Waals surface area contributed by atoms with Gasteiger partial charge in [0.25, 0.3) is 5.91 Å². The highest BCUT2D eigenvalue weighted by Crippen LogP contribution is 2.25. The van der Waals surface area contributed by atoms with E-state index in [1.807, 2.05) is 72.3 Å². The smallest absolute Gasteiger partial charge is 0.255 e. The molecule has 0 atom stereocenters. The predicted octanol–water partition coefficient (Wildman–Crippen LogP) is 5.05. The molecule has 5 nitrogen and oxygen atoms in total. The maximum Gasteiger partial charge on any atom is 0.255 e. The lowest BCUT2D eigenvalue weighted by atomic mass is 10.1. The number of carbonyl (C=O) groups is 1. The van der Waals surface area contributed by atoms with Crippen molar-refractivity contribution in [2.75, 3.05) is 11.9 Å². The van der Waals surface area contributed by atoms with Gasteiger partial charge in [0.05, 0.1) is 18.0 Å². The van der Waals surface area contributed by atoms with E-state index >= 15 is 0 Å². The second kappa shape index (κ2) is 9.09. The van der Waals surface area contributed by atoms with E-state index < -0.39 is 0 Å². The molecule has 0 spiro atoms. The Morgan fingerprint density at radius 1 is 0.933 bits per heavy atom. The van der Waals surface area contributed by atoms with Gasteiger partial charge in [-0.1, -0.05) is 42.5 Å². The Balaban J connectivity index is 1.41. The van der Waals surface area contributed by atoms with Gasteiger partial charge in [0.2, 0.25) is 0 Å². The molecule has 0 aliphatic carbocycles. The molecule has 5 heteroatoms. The normalized spacial score (nSPS) is 10.6. The van der Waals surface area contributed by atoms with Crippen molar-refractivity contribution >= 4 is 11.6 Å². The van der Waals surface area contributed by atoms with Gasteiger partial charge in [0, 0.05) is 23.9 Å². The fourth-order valence-corrected chi connectivity index (χ4v) is 3.21. The van der Waals surface area contributed by atoms with Gasteiger partial charge < -0.3 is 10.1 Å². The van der Waals surface area contributed by atoms with Crippen molar-refractivity contribution in [2.24, 2.45) is 0 Å². The van der Waals surface area contributed by atoms with Crippen molar-refractivity contribution < 1.29 is 9.53 Å². The van der Waals surface area contributed by atoms with E-state index in [9.17, 15) is 4.79 Å². The topological polar surface area (TPSA) is 56.2 Å². The fraction of sp³-hybridized carbons (Fsp3) is 0.120. The summed E-state index contributed by atoms with van der Waals surface area (Å²) in [5.74, 6) is 0.475. The first-order valence-electron chi connectivity index (χ1n) is 9.89. The number of nitrogens with zero attached hydrogens (tertiary/aromatic N) is 2. The SMILES string of the molecule is Cc1ccnn1-c1ccc(C(=O)Nc2ccccc2OCCc2ccccc2)cc1. The number of aromatic nitrogens is 2. The number of hydrogen-bond donors (Lipinski definition) is 1. The summed E-state index contributed by atoms with van der Waals surface area (Å²) in [6, 6.07) is 27.0. The molecule has 4 aromatic rings. The number of hydrogen-bond acceptors (Lipinski definition) is 3. The van der Waals surface area contributed by atoms with E-state index in [1.165, 1.54) is 5.56 Å². The lowest BCUT2D eigenvalue weighted by Crippen LogP contribution is -2.13. The van der Waals surface area contributed by atoms with Crippen LogP contribution in [0.4, 0.5) is 5.69 Å². The number of amides is 1. The zero-order valence-electron chi connectivity index (χ0n) is 16.8.